The fraction of sp³-hybridized carbons (Fsp3) is 0.444. The van der Waals surface area contributed by atoms with Gasteiger partial charge in [-0.2, -0.15) is 0 Å². The largest absolute Gasteiger partial charge is 0.370 e. The molecule has 3 rings (SSSR count). The smallest absolute Gasteiger partial charge is 0.261 e. The third-order valence-corrected chi connectivity index (χ3v) is 4.49. The van der Waals surface area contributed by atoms with Gasteiger partial charge in [-0.1, -0.05) is 12.1 Å². The number of ether oxygens (including phenoxy) is 1. The fourth-order valence-electron chi connectivity index (χ4n) is 2.96. The average Bonchev–Trinajstić information content (AvgIpc) is 2.69. The van der Waals surface area contributed by atoms with E-state index in [0.717, 1.165) is 32.8 Å². The van der Waals surface area contributed by atoms with Crippen LogP contribution in [-0.4, -0.2) is 67.3 Å². The Hall–Kier alpha value is -2.78. The van der Waals surface area contributed by atoms with E-state index in [1.54, 1.807) is 24.3 Å². The summed E-state index contributed by atoms with van der Waals surface area (Å²) < 4.78 is 6.52. The van der Waals surface area contributed by atoms with Gasteiger partial charge in [-0.15, -0.1) is 0 Å². The van der Waals surface area contributed by atoms with Crippen molar-refractivity contribution in [3.63, 3.8) is 0 Å². The van der Waals surface area contributed by atoms with Crippen molar-refractivity contribution in [2.45, 2.75) is 6.54 Å². The second-order valence-electron chi connectivity index (χ2n) is 6.43. The number of nitrogens with one attached hydrogen (secondary N) is 3. The van der Waals surface area contributed by atoms with Gasteiger partial charge in [0.15, 0.2) is 0 Å². The monoisotopic (exact) mass is 374 g/mol. The Bertz CT molecular complexity index is 860. The molecule has 1 aromatic carbocycles. The number of amides is 2. The number of fused-ring (bicyclic) bond motifs is 1. The molecule has 9 heteroatoms. The zero-order valence-corrected chi connectivity index (χ0v) is 15.1. The number of carbonyl (C=O) groups excluding carboxylic acids is 2. The molecule has 3 N–H and O–H groups in total. The molecule has 1 aliphatic heterocycles. The van der Waals surface area contributed by atoms with E-state index < -0.39 is 5.91 Å². The number of para-hydroxylation sites is 1. The van der Waals surface area contributed by atoms with Gasteiger partial charge in [0.05, 0.1) is 50.1 Å². The lowest BCUT2D eigenvalue weighted by Crippen LogP contribution is -3.14. The summed E-state index contributed by atoms with van der Waals surface area (Å²) in [6.45, 7) is 4.49. The van der Waals surface area contributed by atoms with Crippen molar-refractivity contribution in [3.05, 3.63) is 40.9 Å². The van der Waals surface area contributed by atoms with Gasteiger partial charge in [0.25, 0.3) is 5.56 Å². The molecule has 1 fully saturated rings. The molecule has 0 bridgehead atoms. The number of benzene rings is 1. The first-order chi connectivity index (χ1) is 13.1. The number of rotatable bonds is 7. The molecule has 9 nitrogen and oxygen atoms in total. The topological polar surface area (TPSA) is 107 Å². The number of hydrogen-bond acceptors (Lipinski definition) is 5. The maximum absolute atomic E-state index is 12.3. The molecule has 0 unspecified atom stereocenters. The number of carbonyl (C=O) groups is 2. The molecule has 0 saturated carbocycles. The van der Waals surface area contributed by atoms with Gasteiger partial charge >= 0.3 is 0 Å². The van der Waals surface area contributed by atoms with Crippen molar-refractivity contribution in [1.82, 2.24) is 20.2 Å². The first kappa shape index (κ1) is 19.0. The number of hydrogen-bond donors (Lipinski definition) is 3. The van der Waals surface area contributed by atoms with Gasteiger partial charge < -0.3 is 20.3 Å². The van der Waals surface area contributed by atoms with Crippen molar-refractivity contribution in [1.29, 1.82) is 0 Å². The number of aromatic nitrogens is 2. The van der Waals surface area contributed by atoms with Crippen LogP contribution in [0.2, 0.25) is 0 Å². The lowest BCUT2D eigenvalue weighted by atomic mass is 10.2. The summed E-state index contributed by atoms with van der Waals surface area (Å²) in [5.41, 5.74) is 0.301. The molecule has 27 heavy (non-hydrogen) atoms. The summed E-state index contributed by atoms with van der Waals surface area (Å²) in [5, 5.41) is 5.77. The summed E-state index contributed by atoms with van der Waals surface area (Å²) in [7, 11) is 0. The lowest BCUT2D eigenvalue weighted by Gasteiger charge is -2.23. The maximum Gasteiger partial charge on any atom is 0.261 e. The van der Waals surface area contributed by atoms with E-state index in [0.29, 0.717) is 17.4 Å². The molecule has 0 atom stereocenters. The maximum atomic E-state index is 12.3. The molecule has 144 valence electrons. The SMILES string of the molecule is O=C(CNC(=O)Cn1cnc2ccccc2c1=O)NCC[NH+]1CCOCC1. The van der Waals surface area contributed by atoms with Crippen LogP contribution in [0.15, 0.2) is 35.4 Å². The van der Waals surface area contributed by atoms with E-state index in [1.807, 2.05) is 0 Å². The van der Waals surface area contributed by atoms with E-state index in [2.05, 4.69) is 15.6 Å². The van der Waals surface area contributed by atoms with Crippen LogP contribution in [0.3, 0.4) is 0 Å². The fourth-order valence-corrected chi connectivity index (χ4v) is 2.96. The molecule has 2 aromatic rings. The van der Waals surface area contributed by atoms with E-state index in [-0.39, 0.29) is 24.6 Å². The second kappa shape index (κ2) is 9.24. The average molecular weight is 374 g/mol. The van der Waals surface area contributed by atoms with Crippen molar-refractivity contribution in [3.8, 4) is 0 Å². The predicted molar refractivity (Wildman–Crippen MR) is 98.4 cm³/mol. The molecule has 0 radical (unpaired) electrons. The highest BCUT2D eigenvalue weighted by Crippen LogP contribution is 2.04. The summed E-state index contributed by atoms with van der Waals surface area (Å²) >= 11 is 0. The summed E-state index contributed by atoms with van der Waals surface area (Å²) in [4.78, 5) is 41.8. The minimum absolute atomic E-state index is 0.118. The Balaban J connectivity index is 1.42. The van der Waals surface area contributed by atoms with Crippen LogP contribution in [0.4, 0.5) is 0 Å². The number of nitrogens with zero attached hydrogens (tertiary/aromatic N) is 2. The van der Waals surface area contributed by atoms with Gasteiger partial charge in [-0.25, -0.2) is 4.98 Å². The molecule has 0 aliphatic carbocycles. The van der Waals surface area contributed by atoms with Gasteiger partial charge in [0.1, 0.15) is 19.6 Å². The highest BCUT2D eigenvalue weighted by molar-refractivity contribution is 5.84. The van der Waals surface area contributed by atoms with Crippen LogP contribution in [0.25, 0.3) is 10.9 Å². The molecule has 1 saturated heterocycles. The molecular weight excluding hydrogens is 350 g/mol. The predicted octanol–water partition coefficient (Wildman–Crippen LogP) is -2.46. The van der Waals surface area contributed by atoms with E-state index >= 15 is 0 Å². The zero-order valence-electron chi connectivity index (χ0n) is 15.1. The Labute approximate surface area is 156 Å². The quantitative estimate of drug-likeness (QED) is 0.499. The third-order valence-electron chi connectivity index (χ3n) is 4.49. The number of morpholine rings is 1. The van der Waals surface area contributed by atoms with Gasteiger partial charge in [-0.3, -0.25) is 19.0 Å². The van der Waals surface area contributed by atoms with E-state index in [9.17, 15) is 14.4 Å². The van der Waals surface area contributed by atoms with E-state index in [1.165, 1.54) is 15.8 Å². The molecular formula is C18H24N5O4+. The number of quaternary nitrogens is 1. The molecule has 1 aromatic heterocycles. The van der Waals surface area contributed by atoms with Crippen LogP contribution in [-0.2, 0) is 20.9 Å². The normalized spacial score (nSPS) is 14.8. The van der Waals surface area contributed by atoms with Crippen LogP contribution >= 0.6 is 0 Å². The standard InChI is InChI=1S/C18H23N5O4/c24-16(19-5-6-22-7-9-27-10-8-22)11-20-17(25)12-23-13-21-15-4-2-1-3-14(15)18(23)26/h1-4,13H,5-12H2,(H,19,24)(H,20,25)/p+1. The highest BCUT2D eigenvalue weighted by atomic mass is 16.5. The summed E-state index contributed by atoms with van der Waals surface area (Å²) in [6.07, 6.45) is 1.34. The van der Waals surface area contributed by atoms with Crippen molar-refractivity contribution in [2.75, 3.05) is 45.9 Å². The second-order valence-corrected chi connectivity index (χ2v) is 6.43. The summed E-state index contributed by atoms with van der Waals surface area (Å²) in [5.74, 6) is -0.664. The van der Waals surface area contributed by atoms with Crippen molar-refractivity contribution < 1.29 is 19.2 Å². The van der Waals surface area contributed by atoms with E-state index in [4.69, 9.17) is 4.74 Å². The first-order valence-corrected chi connectivity index (χ1v) is 9.02. The Morgan fingerprint density at radius 3 is 2.74 bits per heavy atom. The Morgan fingerprint density at radius 1 is 1.15 bits per heavy atom. The van der Waals surface area contributed by atoms with Crippen molar-refractivity contribution in [2.24, 2.45) is 0 Å². The molecule has 1 aliphatic rings. The third kappa shape index (κ3) is 5.35. The lowest BCUT2D eigenvalue weighted by molar-refractivity contribution is -0.906. The Kier molecular flexibility index (Phi) is 6.50. The van der Waals surface area contributed by atoms with Crippen molar-refractivity contribution >= 4 is 22.7 Å². The molecule has 2 amide bonds. The minimum atomic E-state index is -0.414. The van der Waals surface area contributed by atoms with Crippen LogP contribution < -0.4 is 21.1 Å². The molecule has 2 heterocycles. The zero-order chi connectivity index (χ0) is 19.1. The summed E-state index contributed by atoms with van der Waals surface area (Å²) in [6, 6.07) is 6.96. The highest BCUT2D eigenvalue weighted by Gasteiger charge is 2.14. The van der Waals surface area contributed by atoms with Gasteiger partial charge in [-0.05, 0) is 12.1 Å². The van der Waals surface area contributed by atoms with Crippen LogP contribution in [0.5, 0.6) is 0 Å². The van der Waals surface area contributed by atoms with Gasteiger partial charge in [0.2, 0.25) is 11.8 Å². The minimum Gasteiger partial charge on any atom is -0.370 e. The van der Waals surface area contributed by atoms with Crippen LogP contribution in [0.1, 0.15) is 0 Å². The first-order valence-electron chi connectivity index (χ1n) is 9.02. The Morgan fingerprint density at radius 2 is 1.93 bits per heavy atom. The van der Waals surface area contributed by atoms with Gasteiger partial charge in [0, 0.05) is 0 Å². The molecule has 0 spiro atoms. The van der Waals surface area contributed by atoms with Crippen LogP contribution in [0, 0.1) is 0 Å².